The molecule has 4 fully saturated rings. The SMILES string of the molecule is CC=C1CN2CCc3c4n(c5ccccc35)C=C3[C@H]5C[C@@H]6N(CC[C@@]67c6ccccc6N(C=C4[C@H]1CC2=O)[C@@H]37)C/C5=C/C. The van der Waals surface area contributed by atoms with Crippen LogP contribution in [-0.2, 0) is 16.6 Å². The second-order valence-electron chi connectivity index (χ2n) is 13.9. The van der Waals surface area contributed by atoms with Crippen LogP contribution in [0.4, 0.5) is 5.69 Å². The van der Waals surface area contributed by atoms with Gasteiger partial charge in [0.15, 0.2) is 0 Å². The lowest BCUT2D eigenvalue weighted by Crippen LogP contribution is -2.60. The van der Waals surface area contributed by atoms with Gasteiger partial charge in [-0.25, -0.2) is 0 Å². The Kier molecular flexibility index (Phi) is 4.81. The van der Waals surface area contributed by atoms with Gasteiger partial charge in [-0.2, -0.15) is 0 Å². The molecule has 11 rings (SSSR count). The molecule has 1 aromatic heterocycles. The number of benzene rings is 2. The number of anilines is 1. The molecule has 3 saturated heterocycles. The molecular weight excluding hydrogens is 528 g/mol. The summed E-state index contributed by atoms with van der Waals surface area (Å²) in [4.78, 5) is 21.2. The Morgan fingerprint density at radius 1 is 0.907 bits per heavy atom. The van der Waals surface area contributed by atoms with E-state index in [1.165, 1.54) is 57.4 Å². The van der Waals surface area contributed by atoms with E-state index in [1.54, 1.807) is 11.1 Å². The van der Waals surface area contributed by atoms with Gasteiger partial charge in [-0.1, -0.05) is 54.1 Å². The van der Waals surface area contributed by atoms with Gasteiger partial charge < -0.3 is 14.4 Å². The fraction of sp³-hybridized carbons (Fsp3) is 0.395. The third kappa shape index (κ3) is 2.90. The van der Waals surface area contributed by atoms with Crippen molar-refractivity contribution in [1.82, 2.24) is 14.4 Å². The number of hydrogen-bond acceptors (Lipinski definition) is 3. The highest BCUT2D eigenvalue weighted by Crippen LogP contribution is 2.64. The summed E-state index contributed by atoms with van der Waals surface area (Å²) in [5, 5.41) is 1.34. The molecular formula is C38H38N4O. The van der Waals surface area contributed by atoms with Crippen molar-refractivity contribution < 1.29 is 4.79 Å². The van der Waals surface area contributed by atoms with Crippen molar-refractivity contribution in [3.8, 4) is 0 Å². The Morgan fingerprint density at radius 3 is 2.60 bits per heavy atom. The van der Waals surface area contributed by atoms with E-state index in [0.29, 0.717) is 24.3 Å². The fourth-order valence-electron chi connectivity index (χ4n) is 10.7. The average Bonchev–Trinajstić information content (AvgIpc) is 3.67. The van der Waals surface area contributed by atoms with Crippen LogP contribution in [0.15, 0.2) is 83.6 Å². The second kappa shape index (κ2) is 8.41. The zero-order valence-corrected chi connectivity index (χ0v) is 25.1. The molecule has 7 aliphatic heterocycles. The van der Waals surface area contributed by atoms with E-state index in [2.05, 4.69) is 106 Å². The first-order valence-electron chi connectivity index (χ1n) is 16.4. The van der Waals surface area contributed by atoms with Crippen LogP contribution in [0.25, 0.3) is 22.7 Å². The Labute approximate surface area is 253 Å². The first kappa shape index (κ1) is 24.6. The van der Waals surface area contributed by atoms with E-state index in [1.807, 2.05) is 0 Å². The number of fused-ring (bicyclic) bond motifs is 9. The third-order valence-electron chi connectivity index (χ3n) is 12.5. The Morgan fingerprint density at radius 2 is 1.72 bits per heavy atom. The van der Waals surface area contributed by atoms with Crippen LogP contribution in [0.3, 0.4) is 0 Å². The van der Waals surface area contributed by atoms with E-state index in [-0.39, 0.29) is 17.4 Å². The lowest BCUT2D eigenvalue weighted by atomic mass is 9.58. The predicted octanol–water partition coefficient (Wildman–Crippen LogP) is 6.37. The smallest absolute Gasteiger partial charge is 0.223 e. The molecule has 0 unspecified atom stereocenters. The van der Waals surface area contributed by atoms with Crippen LogP contribution in [0, 0.1) is 11.8 Å². The van der Waals surface area contributed by atoms with E-state index < -0.39 is 0 Å². The quantitative estimate of drug-likeness (QED) is 0.297. The standard InChI is InChI=1S/C38H38N4O/c1-3-23-19-39-16-14-38-31-10-6-8-12-33(31)42-21-29-28-18-35(43)40(20-24(28)4-2)15-13-26-25-9-5-7-11-32(25)41(36(26)29)22-30(37(38)42)27(23)17-34(38)39/h3-12,21-22,27-28,34,37H,13-20H2,1-2H3/b23-3-,24-4?,29-21?,30-22?/t27-,28-,34-,37-,38+/m0/s1. The highest BCUT2D eigenvalue weighted by molar-refractivity contribution is 5.96. The van der Waals surface area contributed by atoms with Crippen LogP contribution in [0.2, 0.25) is 0 Å². The van der Waals surface area contributed by atoms with Gasteiger partial charge in [-0.15, -0.1) is 0 Å². The fourth-order valence-corrected chi connectivity index (χ4v) is 10.7. The van der Waals surface area contributed by atoms with Gasteiger partial charge in [0.1, 0.15) is 0 Å². The summed E-state index contributed by atoms with van der Waals surface area (Å²) in [6.07, 6.45) is 13.7. The number of carbonyl (C=O) groups excluding carboxylic acids is 1. The van der Waals surface area contributed by atoms with Crippen LogP contribution >= 0.6 is 0 Å². The third-order valence-corrected chi connectivity index (χ3v) is 12.5. The molecule has 4 bridgehead atoms. The molecule has 8 aliphatic rings. The van der Waals surface area contributed by atoms with Crippen molar-refractivity contribution in [2.45, 2.75) is 57.0 Å². The van der Waals surface area contributed by atoms with Gasteiger partial charge in [0, 0.05) is 78.4 Å². The van der Waals surface area contributed by atoms with Crippen molar-refractivity contribution in [3.63, 3.8) is 0 Å². The molecule has 0 radical (unpaired) electrons. The van der Waals surface area contributed by atoms with Gasteiger partial charge in [-0.3, -0.25) is 9.69 Å². The molecule has 1 amide bonds. The number of aromatic nitrogens is 1. The summed E-state index contributed by atoms with van der Waals surface area (Å²) in [5.41, 5.74) is 12.9. The molecule has 5 heteroatoms. The highest BCUT2D eigenvalue weighted by Gasteiger charge is 2.66. The highest BCUT2D eigenvalue weighted by atomic mass is 16.2. The lowest BCUT2D eigenvalue weighted by Gasteiger charge is -2.54. The monoisotopic (exact) mass is 566 g/mol. The number of para-hydroxylation sites is 2. The van der Waals surface area contributed by atoms with E-state index in [0.717, 1.165) is 32.6 Å². The van der Waals surface area contributed by atoms with Gasteiger partial charge in [0.25, 0.3) is 0 Å². The van der Waals surface area contributed by atoms with Crippen molar-refractivity contribution in [2.24, 2.45) is 11.8 Å². The molecule has 1 saturated carbocycles. The predicted molar refractivity (Wildman–Crippen MR) is 173 cm³/mol. The van der Waals surface area contributed by atoms with Crippen LogP contribution in [0.1, 0.15) is 49.9 Å². The summed E-state index contributed by atoms with van der Waals surface area (Å²) >= 11 is 0. The number of piperidine rings is 2. The summed E-state index contributed by atoms with van der Waals surface area (Å²) < 4.78 is 2.58. The van der Waals surface area contributed by atoms with Crippen molar-refractivity contribution in [1.29, 1.82) is 0 Å². The first-order chi connectivity index (χ1) is 21.1. The van der Waals surface area contributed by atoms with Crippen LogP contribution in [0.5, 0.6) is 0 Å². The molecule has 8 heterocycles. The van der Waals surface area contributed by atoms with Crippen LogP contribution < -0.4 is 4.90 Å². The molecule has 1 spiro atoms. The molecule has 5 atom stereocenters. The molecule has 43 heavy (non-hydrogen) atoms. The van der Waals surface area contributed by atoms with Gasteiger partial charge in [-0.05, 0) is 74.1 Å². The molecule has 3 aromatic rings. The zero-order chi connectivity index (χ0) is 28.6. The van der Waals surface area contributed by atoms with Crippen molar-refractivity contribution in [3.05, 3.63) is 100 Å². The molecule has 1 aliphatic carbocycles. The molecule has 216 valence electrons. The number of rotatable bonds is 0. The maximum Gasteiger partial charge on any atom is 0.223 e. The second-order valence-corrected chi connectivity index (χ2v) is 13.9. The van der Waals surface area contributed by atoms with Crippen molar-refractivity contribution >= 4 is 34.3 Å². The average molecular weight is 567 g/mol. The Balaban J connectivity index is 1.35. The molecule has 5 nitrogen and oxygen atoms in total. The first-order valence-corrected chi connectivity index (χ1v) is 16.4. The van der Waals surface area contributed by atoms with Crippen molar-refractivity contribution in [2.75, 3.05) is 31.1 Å². The lowest BCUT2D eigenvalue weighted by molar-refractivity contribution is -0.132. The minimum atomic E-state index is 0.0830. The van der Waals surface area contributed by atoms with Crippen LogP contribution in [-0.4, -0.2) is 58.5 Å². The molecule has 0 N–H and O–H groups in total. The Hall–Kier alpha value is -3.83. The normalized spacial score (nSPS) is 33.9. The number of carbonyl (C=O) groups is 1. The maximum atomic E-state index is 13.6. The minimum Gasteiger partial charge on any atom is -0.339 e. The molecule has 2 aromatic carbocycles. The number of allylic oxidation sites excluding steroid dienone is 3. The number of amides is 1. The zero-order valence-electron chi connectivity index (χ0n) is 25.1. The van der Waals surface area contributed by atoms with E-state index in [4.69, 9.17) is 0 Å². The maximum absolute atomic E-state index is 13.6. The van der Waals surface area contributed by atoms with E-state index >= 15 is 0 Å². The Bertz CT molecular complexity index is 1890. The summed E-state index contributed by atoms with van der Waals surface area (Å²) in [5.74, 6) is 0.837. The minimum absolute atomic E-state index is 0.0830. The van der Waals surface area contributed by atoms with Gasteiger partial charge in [0.2, 0.25) is 5.91 Å². The largest absolute Gasteiger partial charge is 0.339 e. The van der Waals surface area contributed by atoms with E-state index in [9.17, 15) is 4.79 Å². The summed E-state index contributed by atoms with van der Waals surface area (Å²) in [6.45, 7) is 8.19. The number of nitrogens with zero attached hydrogens (tertiary/aromatic N) is 4. The van der Waals surface area contributed by atoms with Gasteiger partial charge >= 0.3 is 0 Å². The summed E-state index contributed by atoms with van der Waals surface area (Å²) in [6, 6.07) is 19.2. The topological polar surface area (TPSA) is 31.7 Å². The number of hydrogen-bond donors (Lipinski definition) is 0. The summed E-state index contributed by atoms with van der Waals surface area (Å²) in [7, 11) is 0. The van der Waals surface area contributed by atoms with Gasteiger partial charge in [0.05, 0.1) is 17.3 Å².